The van der Waals surface area contributed by atoms with Crippen molar-refractivity contribution in [3.05, 3.63) is 60.8 Å². The zero-order valence-corrected chi connectivity index (χ0v) is 23.2. The maximum atomic E-state index is 14.8. The third-order valence-electron chi connectivity index (χ3n) is 6.76. The molecule has 4 rings (SSSR count). The second-order valence-electron chi connectivity index (χ2n) is 9.88. The van der Waals surface area contributed by atoms with Crippen LogP contribution in [0.2, 0.25) is 0 Å². The summed E-state index contributed by atoms with van der Waals surface area (Å²) in [5.74, 6) is -0.462. The number of nitrogens with zero attached hydrogens (tertiary/aromatic N) is 4. The number of aliphatic hydroxyl groups excluding tert-OH is 1. The Morgan fingerprint density at radius 3 is 2.67 bits per heavy atom. The first-order chi connectivity index (χ1) is 18.5. The summed E-state index contributed by atoms with van der Waals surface area (Å²) in [5.41, 5.74) is 0.502. The van der Waals surface area contributed by atoms with E-state index >= 15 is 0 Å². The number of aliphatic hydroxyl groups is 1. The Balaban J connectivity index is 1.60. The number of rotatable bonds is 11. The number of carbonyl (C=O) groups excluding carboxylic acids is 1. The van der Waals surface area contributed by atoms with Crippen molar-refractivity contribution in [2.45, 2.75) is 58.4 Å². The van der Waals surface area contributed by atoms with Crippen LogP contribution in [-0.2, 0) is 18.6 Å². The predicted octanol–water partition coefficient (Wildman–Crippen LogP) is 4.09. The molecule has 0 aliphatic heterocycles. The van der Waals surface area contributed by atoms with Crippen molar-refractivity contribution in [1.82, 2.24) is 24.6 Å². The van der Waals surface area contributed by atoms with E-state index in [1.165, 1.54) is 13.3 Å². The van der Waals surface area contributed by atoms with Gasteiger partial charge in [0.15, 0.2) is 5.65 Å². The van der Waals surface area contributed by atoms with Gasteiger partial charge in [-0.05, 0) is 51.8 Å². The first-order valence-electron chi connectivity index (χ1n) is 12.5. The molecule has 2 aromatic heterocycles. The van der Waals surface area contributed by atoms with Crippen LogP contribution in [0, 0.1) is 12.3 Å². The largest absolute Gasteiger partial charge is 0.462 e. The zero-order chi connectivity index (χ0) is 28.4. The number of aryl methyl sites for hydroxylation is 1. The van der Waals surface area contributed by atoms with E-state index in [1.54, 1.807) is 62.0 Å². The van der Waals surface area contributed by atoms with Crippen molar-refractivity contribution < 1.29 is 32.6 Å². The number of aromatic nitrogens is 4. The highest BCUT2D eigenvalue weighted by Gasteiger charge is 2.53. The molecule has 1 aliphatic carbocycles. The lowest BCUT2D eigenvalue weighted by atomic mass is 9.83. The summed E-state index contributed by atoms with van der Waals surface area (Å²) in [6.07, 6.45) is 1.44. The van der Waals surface area contributed by atoms with Gasteiger partial charge in [-0.2, -0.15) is 5.09 Å². The second-order valence-corrected chi connectivity index (χ2v) is 11.6. The van der Waals surface area contributed by atoms with Crippen LogP contribution in [0.4, 0.5) is 4.39 Å². The van der Waals surface area contributed by atoms with E-state index < -0.39 is 56.7 Å². The van der Waals surface area contributed by atoms with E-state index in [-0.39, 0.29) is 12.2 Å². The van der Waals surface area contributed by atoms with Crippen LogP contribution in [-0.4, -0.2) is 62.1 Å². The van der Waals surface area contributed by atoms with Crippen molar-refractivity contribution in [3.8, 4) is 5.75 Å². The number of alkyl halides is 1. The monoisotopic (exact) mass is 561 g/mol. The number of para-hydroxylation sites is 1. The van der Waals surface area contributed by atoms with Crippen LogP contribution in [0.15, 0.2) is 55.1 Å². The fraction of sp³-hybridized carbons (Fsp3) is 0.462. The number of carbonyl (C=O) groups is 1. The Bertz CT molecular complexity index is 1390. The van der Waals surface area contributed by atoms with Crippen molar-refractivity contribution >= 4 is 24.9 Å². The average molecular weight is 562 g/mol. The topological polar surface area (TPSA) is 138 Å². The summed E-state index contributed by atoms with van der Waals surface area (Å²) in [4.78, 5) is 25.2. The van der Waals surface area contributed by atoms with Crippen molar-refractivity contribution in [2.24, 2.45) is 5.41 Å². The van der Waals surface area contributed by atoms with Gasteiger partial charge in [0.25, 0.3) is 0 Å². The van der Waals surface area contributed by atoms with E-state index in [1.807, 2.05) is 0 Å². The molecule has 0 radical (unpaired) electrons. The lowest BCUT2D eigenvalue weighted by Crippen LogP contribution is -2.41. The quantitative estimate of drug-likeness (QED) is 0.200. The molecule has 210 valence electrons. The molecule has 11 nitrogen and oxygen atoms in total. The minimum atomic E-state index is -4.29. The van der Waals surface area contributed by atoms with Gasteiger partial charge in [0.1, 0.15) is 30.3 Å². The summed E-state index contributed by atoms with van der Waals surface area (Å²) in [5, 5.41) is 13.7. The van der Waals surface area contributed by atoms with E-state index in [2.05, 4.69) is 26.6 Å². The van der Waals surface area contributed by atoms with Gasteiger partial charge in [0.05, 0.1) is 42.3 Å². The number of halogens is 1. The smallest absolute Gasteiger partial charge is 0.459 e. The molecule has 3 aromatic rings. The fourth-order valence-corrected chi connectivity index (χ4v) is 6.10. The minimum absolute atomic E-state index is 0.106. The number of hydrogen-bond acceptors (Lipinski definition) is 9. The number of ether oxygens (including phenoxy) is 1. The van der Waals surface area contributed by atoms with Gasteiger partial charge >= 0.3 is 13.7 Å². The molecule has 0 saturated heterocycles. The lowest BCUT2D eigenvalue weighted by Gasteiger charge is -2.33. The first kappa shape index (κ1) is 28.8. The molecule has 1 fully saturated rings. The predicted molar refractivity (Wildman–Crippen MR) is 142 cm³/mol. The van der Waals surface area contributed by atoms with Crippen molar-refractivity contribution in [3.63, 3.8) is 0 Å². The van der Waals surface area contributed by atoms with E-state index in [0.717, 1.165) is 0 Å². The highest BCUT2D eigenvalue weighted by atomic mass is 31.2. The Labute approximate surface area is 226 Å². The van der Waals surface area contributed by atoms with Gasteiger partial charge in [-0.1, -0.05) is 24.8 Å². The normalized spacial score (nSPS) is 23.6. The number of hydrogen-bond donors (Lipinski definition) is 2. The molecular weight excluding hydrogens is 528 g/mol. The summed E-state index contributed by atoms with van der Waals surface area (Å²) < 4.78 is 47.0. The number of imidazole rings is 1. The summed E-state index contributed by atoms with van der Waals surface area (Å²) in [6, 6.07) is 6.59. The second kappa shape index (κ2) is 11.5. The van der Waals surface area contributed by atoms with Gasteiger partial charge in [-0.3, -0.25) is 9.32 Å². The first-order valence-corrected chi connectivity index (χ1v) is 14.1. The van der Waals surface area contributed by atoms with Gasteiger partial charge in [0, 0.05) is 0 Å². The molecule has 2 unspecified atom stereocenters. The number of esters is 1. The molecule has 1 aromatic carbocycles. The standard InChI is InChI=1S/C26H33FN5O6P/c1-16(2)37-25(34)19(5)31-39(35,38-20-9-7-6-8-10-20)36-13-26(12-27)17(3)21(11-22(26)33)32-15-30-23-18(4)28-14-29-24(23)32/h6-10,14-16,19,21-22,33H,3,11-13H2,1-2,4-5H3,(H,31,35)/t19?,21-,22-,26-,39?/m0/s1. The summed E-state index contributed by atoms with van der Waals surface area (Å²) >= 11 is 0. The van der Waals surface area contributed by atoms with Crippen LogP contribution < -0.4 is 9.61 Å². The number of benzene rings is 1. The van der Waals surface area contributed by atoms with Crippen LogP contribution in [0.25, 0.3) is 11.2 Å². The Morgan fingerprint density at radius 1 is 1.28 bits per heavy atom. The summed E-state index contributed by atoms with van der Waals surface area (Å²) in [6.45, 7) is 9.15. The Morgan fingerprint density at radius 2 is 2.00 bits per heavy atom. The van der Waals surface area contributed by atoms with Crippen LogP contribution >= 0.6 is 7.75 Å². The third kappa shape index (κ3) is 5.89. The molecular formula is C26H33FN5O6P. The Kier molecular flexibility index (Phi) is 8.51. The highest BCUT2D eigenvalue weighted by Crippen LogP contribution is 2.53. The molecule has 13 heteroatoms. The van der Waals surface area contributed by atoms with Gasteiger partial charge in [-0.25, -0.2) is 23.9 Å². The maximum absolute atomic E-state index is 14.8. The van der Waals surface area contributed by atoms with Gasteiger partial charge < -0.3 is 18.9 Å². The lowest BCUT2D eigenvalue weighted by molar-refractivity contribution is -0.149. The van der Waals surface area contributed by atoms with E-state index in [0.29, 0.717) is 22.4 Å². The van der Waals surface area contributed by atoms with Crippen LogP contribution in [0.3, 0.4) is 0 Å². The number of fused-ring (bicyclic) bond motifs is 1. The molecule has 1 aliphatic rings. The highest BCUT2D eigenvalue weighted by molar-refractivity contribution is 7.52. The van der Waals surface area contributed by atoms with Gasteiger partial charge in [-0.15, -0.1) is 0 Å². The summed E-state index contributed by atoms with van der Waals surface area (Å²) in [7, 11) is -4.29. The maximum Gasteiger partial charge on any atom is 0.459 e. The van der Waals surface area contributed by atoms with E-state index in [4.69, 9.17) is 13.8 Å². The molecule has 0 bridgehead atoms. The molecule has 0 spiro atoms. The van der Waals surface area contributed by atoms with E-state index in [9.17, 15) is 18.9 Å². The van der Waals surface area contributed by atoms with Gasteiger partial charge in [0.2, 0.25) is 0 Å². The molecule has 39 heavy (non-hydrogen) atoms. The molecule has 2 N–H and O–H groups in total. The van der Waals surface area contributed by atoms with Crippen LogP contribution in [0.5, 0.6) is 5.75 Å². The van der Waals surface area contributed by atoms with Crippen LogP contribution in [0.1, 0.15) is 38.9 Å². The zero-order valence-electron chi connectivity index (χ0n) is 22.3. The fourth-order valence-electron chi connectivity index (χ4n) is 4.54. The molecule has 5 atom stereocenters. The molecule has 2 heterocycles. The third-order valence-corrected chi connectivity index (χ3v) is 8.38. The minimum Gasteiger partial charge on any atom is -0.462 e. The number of nitrogens with one attached hydrogen (secondary N) is 1. The Hall–Kier alpha value is -3.18. The molecule has 0 amide bonds. The SMILES string of the molecule is C=C1[C@@H](n2cnc3c(C)ncnc32)C[C@H](O)[C@@]1(CF)COP(=O)(NC(C)C(=O)OC(C)C)Oc1ccccc1. The molecule has 1 saturated carbocycles. The van der Waals surface area contributed by atoms with Crippen molar-refractivity contribution in [2.75, 3.05) is 13.3 Å². The average Bonchev–Trinajstić information content (AvgIpc) is 3.42. The van der Waals surface area contributed by atoms with Crippen molar-refractivity contribution in [1.29, 1.82) is 0 Å².